The van der Waals surface area contributed by atoms with Crippen LogP contribution in [0.2, 0.25) is 5.02 Å². The molecular formula is C13H17ClFNO2. The van der Waals surface area contributed by atoms with Crippen LogP contribution in [0, 0.1) is 5.82 Å². The lowest BCUT2D eigenvalue weighted by Gasteiger charge is -2.26. The molecule has 2 atom stereocenters. The van der Waals surface area contributed by atoms with Crippen LogP contribution in [-0.4, -0.2) is 42.9 Å². The molecule has 1 saturated heterocycles. The van der Waals surface area contributed by atoms with Gasteiger partial charge in [0.25, 0.3) is 0 Å². The Labute approximate surface area is 111 Å². The van der Waals surface area contributed by atoms with E-state index in [1.54, 1.807) is 19.2 Å². The van der Waals surface area contributed by atoms with Crippen LogP contribution in [0.3, 0.4) is 0 Å². The maximum atomic E-state index is 14.0. The Hall–Kier alpha value is -0.680. The minimum atomic E-state index is -0.560. The van der Waals surface area contributed by atoms with Crippen molar-refractivity contribution in [2.24, 2.45) is 0 Å². The van der Waals surface area contributed by atoms with Crippen LogP contribution in [0.1, 0.15) is 18.0 Å². The van der Waals surface area contributed by atoms with Crippen molar-refractivity contribution >= 4 is 11.6 Å². The van der Waals surface area contributed by atoms with Crippen LogP contribution in [0.25, 0.3) is 0 Å². The second kappa shape index (κ2) is 5.97. The zero-order valence-corrected chi connectivity index (χ0v) is 11.0. The van der Waals surface area contributed by atoms with E-state index in [4.69, 9.17) is 16.3 Å². The molecule has 1 N–H and O–H groups in total. The molecule has 2 rings (SSSR count). The summed E-state index contributed by atoms with van der Waals surface area (Å²) in [6.07, 6.45) is 0.0789. The molecule has 1 fully saturated rings. The number of hydrogen-bond donors (Lipinski definition) is 1. The summed E-state index contributed by atoms with van der Waals surface area (Å²) in [5.74, 6) is -0.437. The van der Waals surface area contributed by atoms with Crippen molar-refractivity contribution in [3.05, 3.63) is 34.6 Å². The fourth-order valence-corrected chi connectivity index (χ4v) is 2.63. The number of nitrogens with zero attached hydrogens (tertiary/aromatic N) is 1. The van der Waals surface area contributed by atoms with Crippen LogP contribution >= 0.6 is 11.6 Å². The monoisotopic (exact) mass is 273 g/mol. The molecule has 1 heterocycles. The standard InChI is InChI=1S/C13H17ClFNO2/c1-18-8-7-16-6-5-11(17)13(16)9-3-2-4-10(14)12(9)15/h2-4,11,13,17H,5-8H2,1H3. The summed E-state index contributed by atoms with van der Waals surface area (Å²) < 4.78 is 19.1. The molecule has 1 aliphatic heterocycles. The van der Waals surface area contributed by atoms with Crippen molar-refractivity contribution in [1.29, 1.82) is 0 Å². The maximum Gasteiger partial charge on any atom is 0.146 e. The molecule has 0 radical (unpaired) electrons. The molecule has 0 aromatic heterocycles. The van der Waals surface area contributed by atoms with E-state index in [0.29, 0.717) is 25.1 Å². The lowest BCUT2D eigenvalue weighted by atomic mass is 10.0. The smallest absolute Gasteiger partial charge is 0.146 e. The molecule has 1 aromatic carbocycles. The summed E-state index contributed by atoms with van der Waals surface area (Å²) in [6, 6.07) is 4.57. The number of aliphatic hydroxyl groups is 1. The van der Waals surface area contributed by atoms with Gasteiger partial charge in [0.2, 0.25) is 0 Å². The molecule has 0 saturated carbocycles. The summed E-state index contributed by atoms with van der Waals surface area (Å²) >= 11 is 5.79. The molecule has 18 heavy (non-hydrogen) atoms. The SMILES string of the molecule is COCCN1CCC(O)C1c1cccc(Cl)c1F. The zero-order chi connectivity index (χ0) is 13.1. The second-order valence-corrected chi connectivity index (χ2v) is 4.88. The van der Waals surface area contributed by atoms with Crippen molar-refractivity contribution < 1.29 is 14.2 Å². The van der Waals surface area contributed by atoms with Gasteiger partial charge in [-0.25, -0.2) is 4.39 Å². The van der Waals surface area contributed by atoms with Crippen LogP contribution in [0.4, 0.5) is 4.39 Å². The van der Waals surface area contributed by atoms with Gasteiger partial charge in [-0.05, 0) is 12.5 Å². The molecular weight excluding hydrogens is 257 g/mol. The molecule has 0 bridgehead atoms. The minimum Gasteiger partial charge on any atom is -0.391 e. The zero-order valence-electron chi connectivity index (χ0n) is 10.3. The first-order valence-electron chi connectivity index (χ1n) is 6.00. The van der Waals surface area contributed by atoms with Gasteiger partial charge in [-0.15, -0.1) is 0 Å². The Bertz CT molecular complexity index is 416. The molecule has 0 amide bonds. The van der Waals surface area contributed by atoms with Gasteiger partial charge < -0.3 is 9.84 Å². The fourth-order valence-electron chi connectivity index (χ4n) is 2.45. The number of methoxy groups -OCH3 is 1. The predicted octanol–water partition coefficient (Wildman–Crippen LogP) is 2.23. The van der Waals surface area contributed by atoms with Crippen molar-refractivity contribution in [2.75, 3.05) is 26.8 Å². The van der Waals surface area contributed by atoms with Gasteiger partial charge in [0.15, 0.2) is 0 Å². The highest BCUT2D eigenvalue weighted by Gasteiger charge is 2.35. The number of ether oxygens (including phenoxy) is 1. The lowest BCUT2D eigenvalue weighted by Crippen LogP contribution is -2.31. The van der Waals surface area contributed by atoms with Gasteiger partial charge in [0.05, 0.1) is 23.8 Å². The molecule has 1 aliphatic rings. The van der Waals surface area contributed by atoms with E-state index in [2.05, 4.69) is 0 Å². The largest absolute Gasteiger partial charge is 0.391 e. The second-order valence-electron chi connectivity index (χ2n) is 4.47. The molecule has 0 aliphatic carbocycles. The number of benzene rings is 1. The number of hydrogen-bond acceptors (Lipinski definition) is 3. The summed E-state index contributed by atoms with van der Waals surface area (Å²) in [5, 5.41) is 10.1. The lowest BCUT2D eigenvalue weighted by molar-refractivity contribution is 0.0916. The number of aliphatic hydroxyl groups excluding tert-OH is 1. The van der Waals surface area contributed by atoms with E-state index in [9.17, 15) is 9.50 Å². The normalized spacial score (nSPS) is 24.7. The Morgan fingerprint density at radius 1 is 1.56 bits per heavy atom. The Morgan fingerprint density at radius 2 is 2.33 bits per heavy atom. The molecule has 2 unspecified atom stereocenters. The van der Waals surface area contributed by atoms with Gasteiger partial charge in [-0.3, -0.25) is 4.90 Å². The van der Waals surface area contributed by atoms with Gasteiger partial charge >= 0.3 is 0 Å². The molecule has 3 nitrogen and oxygen atoms in total. The third-order valence-corrected chi connectivity index (χ3v) is 3.64. The topological polar surface area (TPSA) is 32.7 Å². The van der Waals surface area contributed by atoms with E-state index in [-0.39, 0.29) is 11.1 Å². The molecule has 1 aromatic rings. The summed E-state index contributed by atoms with van der Waals surface area (Å²) in [7, 11) is 1.63. The summed E-state index contributed by atoms with van der Waals surface area (Å²) in [4.78, 5) is 2.03. The Morgan fingerprint density at radius 3 is 3.06 bits per heavy atom. The fraction of sp³-hybridized carbons (Fsp3) is 0.538. The van der Waals surface area contributed by atoms with E-state index < -0.39 is 11.9 Å². The van der Waals surface area contributed by atoms with Crippen LogP contribution < -0.4 is 0 Å². The first-order chi connectivity index (χ1) is 8.65. The molecule has 0 spiro atoms. The van der Waals surface area contributed by atoms with Crippen LogP contribution in [-0.2, 0) is 4.74 Å². The quantitative estimate of drug-likeness (QED) is 0.913. The summed E-state index contributed by atoms with van der Waals surface area (Å²) in [5.41, 5.74) is 0.462. The highest BCUT2D eigenvalue weighted by Crippen LogP contribution is 2.35. The first kappa shape index (κ1) is 13.7. The first-order valence-corrected chi connectivity index (χ1v) is 6.38. The van der Waals surface area contributed by atoms with Crippen molar-refractivity contribution in [2.45, 2.75) is 18.6 Å². The average molecular weight is 274 g/mol. The van der Waals surface area contributed by atoms with E-state index in [1.807, 2.05) is 4.90 Å². The van der Waals surface area contributed by atoms with Crippen LogP contribution in [0.5, 0.6) is 0 Å². The predicted molar refractivity (Wildman–Crippen MR) is 68.2 cm³/mol. The van der Waals surface area contributed by atoms with E-state index in [0.717, 1.165) is 6.54 Å². The third kappa shape index (κ3) is 2.67. The number of likely N-dealkylation sites (tertiary alicyclic amines) is 1. The van der Waals surface area contributed by atoms with Crippen LogP contribution in [0.15, 0.2) is 18.2 Å². The number of rotatable bonds is 4. The average Bonchev–Trinajstić information content (AvgIpc) is 2.72. The van der Waals surface area contributed by atoms with E-state index in [1.165, 1.54) is 6.07 Å². The minimum absolute atomic E-state index is 0.0956. The van der Waals surface area contributed by atoms with E-state index >= 15 is 0 Å². The highest BCUT2D eigenvalue weighted by molar-refractivity contribution is 6.30. The van der Waals surface area contributed by atoms with Crippen molar-refractivity contribution in [3.63, 3.8) is 0 Å². The van der Waals surface area contributed by atoms with Gasteiger partial charge in [-0.2, -0.15) is 0 Å². The van der Waals surface area contributed by atoms with Gasteiger partial charge in [0, 0.05) is 25.8 Å². The van der Waals surface area contributed by atoms with Crippen molar-refractivity contribution in [1.82, 2.24) is 4.90 Å². The maximum absolute atomic E-state index is 14.0. The molecule has 5 heteroatoms. The number of halogens is 2. The Balaban J connectivity index is 2.25. The van der Waals surface area contributed by atoms with Gasteiger partial charge in [-0.1, -0.05) is 23.7 Å². The van der Waals surface area contributed by atoms with Gasteiger partial charge in [0.1, 0.15) is 5.82 Å². The third-order valence-electron chi connectivity index (χ3n) is 3.35. The summed E-state index contributed by atoms with van der Waals surface area (Å²) in [6.45, 7) is 1.97. The molecule has 100 valence electrons. The highest BCUT2D eigenvalue weighted by atomic mass is 35.5. The Kier molecular flexibility index (Phi) is 4.56. The van der Waals surface area contributed by atoms with Crippen molar-refractivity contribution in [3.8, 4) is 0 Å².